The number of hydrogen-bond donors (Lipinski definition) is 1. The Morgan fingerprint density at radius 1 is 1.47 bits per heavy atom. The highest BCUT2D eigenvalue weighted by Crippen LogP contribution is 2.23. The van der Waals surface area contributed by atoms with Gasteiger partial charge in [0.2, 0.25) is 0 Å². The summed E-state index contributed by atoms with van der Waals surface area (Å²) in [5.41, 5.74) is -0.739. The summed E-state index contributed by atoms with van der Waals surface area (Å²) in [5.74, 6) is -0.801. The van der Waals surface area contributed by atoms with Crippen molar-refractivity contribution in [3.05, 3.63) is 29.6 Å². The summed E-state index contributed by atoms with van der Waals surface area (Å²) in [6.45, 7) is 6.01. The molecule has 0 bridgehead atoms. The van der Waals surface area contributed by atoms with E-state index >= 15 is 0 Å². The molecule has 0 saturated heterocycles. The molecular weight excluding hydrogens is 221 g/mol. The first-order valence-corrected chi connectivity index (χ1v) is 5.56. The minimum Gasteiger partial charge on any atom is -0.494 e. The van der Waals surface area contributed by atoms with E-state index in [-0.39, 0.29) is 17.1 Å². The molecule has 0 aliphatic carbocycles. The van der Waals surface area contributed by atoms with E-state index in [9.17, 15) is 9.18 Å². The van der Waals surface area contributed by atoms with Crippen molar-refractivity contribution in [2.45, 2.75) is 26.3 Å². The molecule has 1 rings (SSSR count). The highest BCUT2D eigenvalue weighted by Gasteiger charge is 2.30. The molecular formula is C13H18FNO2. The van der Waals surface area contributed by atoms with E-state index < -0.39 is 11.4 Å². The lowest BCUT2D eigenvalue weighted by Gasteiger charge is -2.24. The fourth-order valence-corrected chi connectivity index (χ4v) is 1.70. The number of carbonyl (C=O) groups is 1. The Balaban J connectivity index is 3.13. The standard InChI is InChI=1S/C13H18FNO2/c1-5-15-13(2,3)12(16)9-7-6-8-10(17-4)11(9)14/h6-8,15H,5H2,1-4H3. The molecule has 17 heavy (non-hydrogen) atoms. The Bertz CT molecular complexity index is 416. The van der Waals surface area contributed by atoms with Crippen molar-refractivity contribution < 1.29 is 13.9 Å². The first-order chi connectivity index (χ1) is 7.94. The molecule has 0 radical (unpaired) electrons. The molecule has 0 fully saturated rings. The fourth-order valence-electron chi connectivity index (χ4n) is 1.70. The highest BCUT2D eigenvalue weighted by atomic mass is 19.1. The molecule has 0 unspecified atom stereocenters. The predicted octanol–water partition coefficient (Wildman–Crippen LogP) is 2.41. The minimum atomic E-state index is -0.790. The lowest BCUT2D eigenvalue weighted by molar-refractivity contribution is 0.0879. The van der Waals surface area contributed by atoms with Crippen LogP contribution in [0.25, 0.3) is 0 Å². The molecule has 0 aliphatic heterocycles. The lowest BCUT2D eigenvalue weighted by atomic mass is 9.92. The topological polar surface area (TPSA) is 38.3 Å². The number of benzene rings is 1. The number of hydrogen-bond acceptors (Lipinski definition) is 3. The summed E-state index contributed by atoms with van der Waals surface area (Å²) in [6.07, 6.45) is 0. The number of Topliss-reactive ketones (excluding diaryl/α,β-unsaturated/α-hetero) is 1. The fraction of sp³-hybridized carbons (Fsp3) is 0.462. The van der Waals surface area contributed by atoms with Crippen LogP contribution < -0.4 is 10.1 Å². The summed E-state index contributed by atoms with van der Waals surface area (Å²) in [6, 6.07) is 4.57. The van der Waals surface area contributed by atoms with E-state index in [4.69, 9.17) is 4.74 Å². The molecule has 0 saturated carbocycles. The van der Waals surface area contributed by atoms with Crippen molar-refractivity contribution in [1.82, 2.24) is 5.32 Å². The molecule has 0 amide bonds. The maximum Gasteiger partial charge on any atom is 0.185 e. The molecule has 3 nitrogen and oxygen atoms in total. The van der Waals surface area contributed by atoms with Crippen molar-refractivity contribution in [3.8, 4) is 5.75 Å². The van der Waals surface area contributed by atoms with Crippen LogP contribution in [0.1, 0.15) is 31.1 Å². The van der Waals surface area contributed by atoms with Gasteiger partial charge in [0.1, 0.15) is 0 Å². The smallest absolute Gasteiger partial charge is 0.185 e. The minimum absolute atomic E-state index is 0.0512. The van der Waals surface area contributed by atoms with Gasteiger partial charge < -0.3 is 10.1 Å². The van der Waals surface area contributed by atoms with Crippen LogP contribution in [0, 0.1) is 5.82 Å². The molecule has 0 heterocycles. The maximum atomic E-state index is 13.9. The number of ether oxygens (including phenoxy) is 1. The second-order valence-electron chi connectivity index (χ2n) is 4.31. The van der Waals surface area contributed by atoms with E-state index in [1.165, 1.54) is 19.2 Å². The first-order valence-electron chi connectivity index (χ1n) is 5.56. The molecule has 0 atom stereocenters. The van der Waals surface area contributed by atoms with Crippen LogP contribution in [-0.4, -0.2) is 25.0 Å². The van der Waals surface area contributed by atoms with Gasteiger partial charge in [-0.05, 0) is 32.5 Å². The normalized spacial score (nSPS) is 11.4. The number of nitrogens with one attached hydrogen (secondary N) is 1. The lowest BCUT2D eigenvalue weighted by Crippen LogP contribution is -2.46. The van der Waals surface area contributed by atoms with Crippen LogP contribution in [0.3, 0.4) is 0 Å². The largest absolute Gasteiger partial charge is 0.494 e. The van der Waals surface area contributed by atoms with Crippen LogP contribution in [0.15, 0.2) is 18.2 Å². The van der Waals surface area contributed by atoms with Gasteiger partial charge in [-0.15, -0.1) is 0 Å². The second-order valence-corrected chi connectivity index (χ2v) is 4.31. The second kappa shape index (κ2) is 5.27. The monoisotopic (exact) mass is 239 g/mol. The zero-order valence-electron chi connectivity index (χ0n) is 10.6. The van der Waals surface area contributed by atoms with Gasteiger partial charge in [0.15, 0.2) is 17.3 Å². The van der Waals surface area contributed by atoms with Gasteiger partial charge in [0.05, 0.1) is 18.2 Å². The van der Waals surface area contributed by atoms with E-state index in [0.29, 0.717) is 6.54 Å². The van der Waals surface area contributed by atoms with Crippen molar-refractivity contribution in [3.63, 3.8) is 0 Å². The summed E-state index contributed by atoms with van der Waals surface area (Å²) < 4.78 is 18.8. The third kappa shape index (κ3) is 2.82. The molecule has 0 aliphatic rings. The number of carbonyl (C=O) groups excluding carboxylic acids is 1. The molecule has 0 aromatic heterocycles. The van der Waals surface area contributed by atoms with Crippen LogP contribution in [0.2, 0.25) is 0 Å². The Kier molecular flexibility index (Phi) is 4.23. The number of rotatable bonds is 5. The highest BCUT2D eigenvalue weighted by molar-refractivity contribution is 6.03. The number of ketones is 1. The van der Waals surface area contributed by atoms with Crippen LogP contribution in [-0.2, 0) is 0 Å². The van der Waals surface area contributed by atoms with Gasteiger partial charge in [-0.25, -0.2) is 4.39 Å². The molecule has 1 N–H and O–H groups in total. The third-order valence-electron chi connectivity index (χ3n) is 2.61. The zero-order valence-corrected chi connectivity index (χ0v) is 10.6. The number of halogens is 1. The van der Waals surface area contributed by atoms with Crippen LogP contribution in [0.4, 0.5) is 4.39 Å². The summed E-state index contributed by atoms with van der Waals surface area (Å²) >= 11 is 0. The molecule has 0 spiro atoms. The third-order valence-corrected chi connectivity index (χ3v) is 2.61. The van der Waals surface area contributed by atoms with E-state index in [1.807, 2.05) is 6.92 Å². The molecule has 4 heteroatoms. The van der Waals surface area contributed by atoms with E-state index in [2.05, 4.69) is 5.32 Å². The summed E-state index contributed by atoms with van der Waals surface area (Å²) in [5, 5.41) is 3.03. The van der Waals surface area contributed by atoms with E-state index in [0.717, 1.165) is 0 Å². The molecule has 1 aromatic rings. The summed E-state index contributed by atoms with van der Waals surface area (Å²) in [7, 11) is 1.38. The molecule has 1 aromatic carbocycles. The average molecular weight is 239 g/mol. The van der Waals surface area contributed by atoms with Crippen molar-refractivity contribution in [1.29, 1.82) is 0 Å². The van der Waals surface area contributed by atoms with Crippen LogP contribution >= 0.6 is 0 Å². The van der Waals surface area contributed by atoms with Gasteiger partial charge in [-0.1, -0.05) is 13.0 Å². The van der Waals surface area contributed by atoms with Crippen molar-refractivity contribution in [2.24, 2.45) is 0 Å². The van der Waals surface area contributed by atoms with Gasteiger partial charge in [0.25, 0.3) is 0 Å². The van der Waals surface area contributed by atoms with E-state index in [1.54, 1.807) is 19.9 Å². The first kappa shape index (κ1) is 13.6. The Labute approximate surface area is 101 Å². The number of likely N-dealkylation sites (N-methyl/N-ethyl adjacent to an activating group) is 1. The van der Waals surface area contributed by atoms with Gasteiger partial charge >= 0.3 is 0 Å². The molecule has 94 valence electrons. The Morgan fingerprint density at radius 3 is 2.65 bits per heavy atom. The predicted molar refractivity (Wildman–Crippen MR) is 65.0 cm³/mol. The zero-order chi connectivity index (χ0) is 13.1. The SMILES string of the molecule is CCNC(C)(C)C(=O)c1cccc(OC)c1F. The Hall–Kier alpha value is -1.42. The Morgan fingerprint density at radius 2 is 2.12 bits per heavy atom. The quantitative estimate of drug-likeness (QED) is 0.802. The van der Waals surface area contributed by atoms with Gasteiger partial charge in [-0.3, -0.25) is 4.79 Å². The van der Waals surface area contributed by atoms with Crippen molar-refractivity contribution >= 4 is 5.78 Å². The van der Waals surface area contributed by atoms with Gasteiger partial charge in [0, 0.05) is 0 Å². The van der Waals surface area contributed by atoms with Crippen LogP contribution in [0.5, 0.6) is 5.75 Å². The maximum absolute atomic E-state index is 13.9. The van der Waals surface area contributed by atoms with Crippen molar-refractivity contribution in [2.75, 3.05) is 13.7 Å². The average Bonchev–Trinajstić information content (AvgIpc) is 2.28. The summed E-state index contributed by atoms with van der Waals surface area (Å²) in [4.78, 5) is 12.2. The number of methoxy groups -OCH3 is 1. The van der Waals surface area contributed by atoms with Gasteiger partial charge in [-0.2, -0.15) is 0 Å².